The average Bonchev–Trinajstić information content (AvgIpc) is 2.45. The van der Waals surface area contributed by atoms with Crippen molar-refractivity contribution >= 4 is 10.1 Å². The van der Waals surface area contributed by atoms with E-state index < -0.39 is 15.6 Å². The van der Waals surface area contributed by atoms with Gasteiger partial charge in [0.15, 0.2) is 0 Å². The Labute approximate surface area is 147 Å². The molecule has 4 nitrogen and oxygen atoms in total. The van der Waals surface area contributed by atoms with Crippen molar-refractivity contribution in [2.24, 2.45) is 0 Å². The normalized spacial score (nSPS) is 18.7. The standard InChI is InChI=1S/C17H24F3NO3S/c1-11(2)21(12(3)4)14-9-8-13-6-5-7-16(15(13)10-14)24-25(22,23)17(18,19)20/h5-7,11-12,14H,8-10H2,1-4H3/t14-/m0/s1. The molecule has 0 saturated heterocycles. The molecule has 1 aliphatic carbocycles. The summed E-state index contributed by atoms with van der Waals surface area (Å²) >= 11 is 0. The number of hydrogen-bond acceptors (Lipinski definition) is 4. The number of nitrogens with zero attached hydrogens (tertiary/aromatic N) is 1. The van der Waals surface area contributed by atoms with E-state index in [4.69, 9.17) is 0 Å². The first kappa shape index (κ1) is 20.0. The third-order valence-corrected chi connectivity index (χ3v) is 5.48. The van der Waals surface area contributed by atoms with Gasteiger partial charge in [0.2, 0.25) is 0 Å². The predicted molar refractivity (Wildman–Crippen MR) is 90.0 cm³/mol. The van der Waals surface area contributed by atoms with E-state index in [9.17, 15) is 21.6 Å². The highest BCUT2D eigenvalue weighted by atomic mass is 32.2. The summed E-state index contributed by atoms with van der Waals surface area (Å²) in [6.07, 6.45) is 2.02. The highest BCUT2D eigenvalue weighted by molar-refractivity contribution is 7.88. The van der Waals surface area contributed by atoms with Gasteiger partial charge in [0.1, 0.15) is 5.75 Å². The molecule has 0 fully saturated rings. The molecule has 0 saturated carbocycles. The molecule has 2 rings (SSSR count). The molecule has 0 aromatic heterocycles. The fraction of sp³-hybridized carbons (Fsp3) is 0.647. The Balaban J connectivity index is 2.35. The Hall–Kier alpha value is -1.28. The van der Waals surface area contributed by atoms with Gasteiger partial charge in [0.25, 0.3) is 0 Å². The molecule has 0 spiro atoms. The lowest BCUT2D eigenvalue weighted by Crippen LogP contribution is -2.47. The largest absolute Gasteiger partial charge is 0.534 e. The second-order valence-corrected chi connectivity index (χ2v) is 8.45. The van der Waals surface area contributed by atoms with Gasteiger partial charge in [-0.15, -0.1) is 0 Å². The Morgan fingerprint density at radius 1 is 1.16 bits per heavy atom. The molecule has 0 amide bonds. The first-order chi connectivity index (χ1) is 11.4. The minimum Gasteiger partial charge on any atom is -0.376 e. The molecule has 0 aliphatic heterocycles. The van der Waals surface area contributed by atoms with Crippen molar-refractivity contribution in [3.63, 3.8) is 0 Å². The molecule has 0 heterocycles. The highest BCUT2D eigenvalue weighted by Crippen LogP contribution is 2.35. The van der Waals surface area contributed by atoms with Crippen LogP contribution in [0.4, 0.5) is 13.2 Å². The van der Waals surface area contributed by atoms with Crippen LogP contribution in [0.5, 0.6) is 5.75 Å². The minimum absolute atomic E-state index is 0.130. The fourth-order valence-electron chi connectivity index (χ4n) is 3.67. The molecular formula is C17H24F3NO3S. The molecule has 0 radical (unpaired) electrons. The molecule has 8 heteroatoms. The zero-order valence-electron chi connectivity index (χ0n) is 14.8. The van der Waals surface area contributed by atoms with Crippen LogP contribution < -0.4 is 4.18 Å². The van der Waals surface area contributed by atoms with Crippen LogP contribution in [0.25, 0.3) is 0 Å². The summed E-state index contributed by atoms with van der Waals surface area (Å²) < 4.78 is 65.1. The van der Waals surface area contributed by atoms with Crippen LogP contribution >= 0.6 is 0 Å². The second-order valence-electron chi connectivity index (χ2n) is 6.91. The van der Waals surface area contributed by atoms with Crippen LogP contribution in [0, 0.1) is 0 Å². The van der Waals surface area contributed by atoms with Crippen molar-refractivity contribution in [3.8, 4) is 5.75 Å². The van der Waals surface area contributed by atoms with Crippen molar-refractivity contribution in [2.75, 3.05) is 0 Å². The maximum atomic E-state index is 12.6. The average molecular weight is 379 g/mol. The van der Waals surface area contributed by atoms with Gasteiger partial charge in [-0.2, -0.15) is 21.6 Å². The van der Waals surface area contributed by atoms with E-state index >= 15 is 0 Å². The monoisotopic (exact) mass is 379 g/mol. The quantitative estimate of drug-likeness (QED) is 0.575. The number of hydrogen-bond donors (Lipinski definition) is 0. The smallest absolute Gasteiger partial charge is 0.376 e. The van der Waals surface area contributed by atoms with Crippen molar-refractivity contribution in [1.82, 2.24) is 4.90 Å². The first-order valence-corrected chi connectivity index (χ1v) is 9.74. The van der Waals surface area contributed by atoms with E-state index in [0.717, 1.165) is 12.0 Å². The van der Waals surface area contributed by atoms with Gasteiger partial charge in [0, 0.05) is 23.7 Å². The van der Waals surface area contributed by atoms with Crippen LogP contribution in [0.1, 0.15) is 45.2 Å². The number of aryl methyl sites for hydroxylation is 1. The lowest BCUT2D eigenvalue weighted by Gasteiger charge is -2.41. The summed E-state index contributed by atoms with van der Waals surface area (Å²) in [5.41, 5.74) is -4.04. The topological polar surface area (TPSA) is 46.6 Å². The van der Waals surface area contributed by atoms with Gasteiger partial charge in [-0.25, -0.2) is 0 Å². The van der Waals surface area contributed by atoms with Gasteiger partial charge < -0.3 is 4.18 Å². The van der Waals surface area contributed by atoms with E-state index in [0.29, 0.717) is 18.4 Å². The maximum Gasteiger partial charge on any atom is 0.534 e. The van der Waals surface area contributed by atoms with Crippen molar-refractivity contribution in [2.45, 2.75) is 70.6 Å². The van der Waals surface area contributed by atoms with Crippen LogP contribution in [0.3, 0.4) is 0 Å². The first-order valence-electron chi connectivity index (χ1n) is 8.33. The summed E-state index contributed by atoms with van der Waals surface area (Å²) in [5, 5.41) is 0. The van der Waals surface area contributed by atoms with Crippen LogP contribution in [-0.2, 0) is 23.0 Å². The van der Waals surface area contributed by atoms with Gasteiger partial charge in [0.05, 0.1) is 0 Å². The van der Waals surface area contributed by atoms with Crippen LogP contribution in [-0.4, -0.2) is 37.0 Å². The zero-order valence-corrected chi connectivity index (χ0v) is 15.6. The summed E-state index contributed by atoms with van der Waals surface area (Å²) in [5.74, 6) is -0.216. The SMILES string of the molecule is CC(C)N(C(C)C)[C@H]1CCc2cccc(OS(=O)(=O)C(F)(F)F)c2C1. The van der Waals surface area contributed by atoms with Gasteiger partial charge in [-0.3, -0.25) is 4.90 Å². The lowest BCUT2D eigenvalue weighted by atomic mass is 9.86. The lowest BCUT2D eigenvalue weighted by molar-refractivity contribution is -0.0500. The molecule has 1 aromatic rings. The molecule has 0 unspecified atom stereocenters. The van der Waals surface area contributed by atoms with Crippen LogP contribution in [0.15, 0.2) is 18.2 Å². The molecule has 142 valence electrons. The Morgan fingerprint density at radius 2 is 1.76 bits per heavy atom. The van der Waals surface area contributed by atoms with Gasteiger partial charge in [-0.1, -0.05) is 12.1 Å². The molecular weight excluding hydrogens is 355 g/mol. The molecule has 1 aliphatic rings. The fourth-order valence-corrected chi connectivity index (χ4v) is 4.16. The minimum atomic E-state index is -5.67. The molecule has 0 N–H and O–H groups in total. The number of halogens is 3. The number of fused-ring (bicyclic) bond motifs is 1. The Kier molecular flexibility index (Phi) is 5.73. The maximum absolute atomic E-state index is 12.6. The molecule has 1 aromatic carbocycles. The molecule has 1 atom stereocenters. The number of alkyl halides is 3. The summed E-state index contributed by atoms with van der Waals surface area (Å²) in [6.45, 7) is 8.30. The van der Waals surface area contributed by atoms with Crippen LogP contribution in [0.2, 0.25) is 0 Å². The summed E-state index contributed by atoms with van der Waals surface area (Å²) in [4.78, 5) is 2.30. The number of benzene rings is 1. The van der Waals surface area contributed by atoms with Gasteiger partial charge in [-0.05, 0) is 58.6 Å². The van der Waals surface area contributed by atoms with E-state index in [-0.39, 0.29) is 23.9 Å². The second kappa shape index (κ2) is 7.15. The van der Waals surface area contributed by atoms with E-state index in [1.54, 1.807) is 0 Å². The zero-order chi connectivity index (χ0) is 19.0. The van der Waals surface area contributed by atoms with Gasteiger partial charge >= 0.3 is 15.6 Å². The van der Waals surface area contributed by atoms with E-state index in [1.165, 1.54) is 12.1 Å². The summed E-state index contributed by atoms with van der Waals surface area (Å²) in [7, 11) is -5.67. The third kappa shape index (κ3) is 4.28. The van der Waals surface area contributed by atoms with Crippen molar-refractivity contribution in [1.29, 1.82) is 0 Å². The van der Waals surface area contributed by atoms with Crippen molar-refractivity contribution < 1.29 is 25.8 Å². The highest BCUT2D eigenvalue weighted by Gasteiger charge is 2.49. The van der Waals surface area contributed by atoms with Crippen molar-refractivity contribution in [3.05, 3.63) is 29.3 Å². The predicted octanol–water partition coefficient (Wildman–Crippen LogP) is 3.89. The molecule has 25 heavy (non-hydrogen) atoms. The Bertz CT molecular complexity index is 706. The Morgan fingerprint density at radius 3 is 2.28 bits per heavy atom. The van der Waals surface area contributed by atoms with E-state index in [2.05, 4.69) is 36.8 Å². The number of rotatable bonds is 5. The summed E-state index contributed by atoms with van der Waals surface area (Å²) in [6, 6.07) is 5.32. The molecule has 0 bridgehead atoms. The third-order valence-electron chi connectivity index (χ3n) is 4.51. The van der Waals surface area contributed by atoms with E-state index in [1.807, 2.05) is 6.07 Å².